The van der Waals surface area contributed by atoms with Crippen LogP contribution in [0.2, 0.25) is 0 Å². The van der Waals surface area contributed by atoms with Gasteiger partial charge in [-0.25, -0.2) is 0 Å². The SMILES string of the molecule is CCNC(=NCCS(=O)Cc1ccccc1)NC(C)c1ccccc1Br. The molecular formula is C20H26BrN3OS. The first-order valence-corrected chi connectivity index (χ1v) is 11.1. The molecule has 140 valence electrons. The third kappa shape index (κ3) is 6.92. The molecule has 0 spiro atoms. The molecule has 2 unspecified atom stereocenters. The van der Waals surface area contributed by atoms with E-state index in [1.54, 1.807) is 0 Å². The predicted octanol–water partition coefficient (Wildman–Crippen LogP) is 4.01. The Morgan fingerprint density at radius 3 is 2.54 bits per heavy atom. The van der Waals surface area contributed by atoms with E-state index < -0.39 is 10.8 Å². The average molecular weight is 436 g/mol. The summed E-state index contributed by atoms with van der Waals surface area (Å²) >= 11 is 3.59. The van der Waals surface area contributed by atoms with Crippen LogP contribution < -0.4 is 10.6 Å². The van der Waals surface area contributed by atoms with Crippen molar-refractivity contribution in [2.24, 2.45) is 4.99 Å². The van der Waals surface area contributed by atoms with Gasteiger partial charge in [-0.1, -0.05) is 64.5 Å². The first kappa shape index (κ1) is 20.6. The molecule has 0 amide bonds. The number of nitrogens with one attached hydrogen (secondary N) is 2. The van der Waals surface area contributed by atoms with E-state index in [4.69, 9.17) is 0 Å². The monoisotopic (exact) mass is 435 g/mol. The topological polar surface area (TPSA) is 53.5 Å². The van der Waals surface area contributed by atoms with Crippen molar-refractivity contribution in [1.82, 2.24) is 10.6 Å². The van der Waals surface area contributed by atoms with E-state index in [-0.39, 0.29) is 6.04 Å². The van der Waals surface area contributed by atoms with E-state index in [0.29, 0.717) is 18.1 Å². The van der Waals surface area contributed by atoms with E-state index in [0.717, 1.165) is 22.5 Å². The highest BCUT2D eigenvalue weighted by Gasteiger charge is 2.10. The zero-order valence-corrected chi connectivity index (χ0v) is 17.6. The molecule has 2 atom stereocenters. The van der Waals surface area contributed by atoms with Gasteiger partial charge in [0, 0.05) is 33.3 Å². The number of aliphatic imine (C=N–C) groups is 1. The van der Waals surface area contributed by atoms with Crippen LogP contribution in [-0.2, 0) is 16.6 Å². The minimum Gasteiger partial charge on any atom is -0.357 e. The molecule has 0 saturated carbocycles. The van der Waals surface area contributed by atoms with Crippen LogP contribution in [0.4, 0.5) is 0 Å². The Morgan fingerprint density at radius 1 is 1.15 bits per heavy atom. The zero-order valence-electron chi connectivity index (χ0n) is 15.2. The molecule has 6 heteroatoms. The molecule has 0 aliphatic rings. The van der Waals surface area contributed by atoms with Crippen LogP contribution in [0, 0.1) is 0 Å². The number of benzene rings is 2. The molecule has 2 rings (SSSR count). The number of halogens is 1. The van der Waals surface area contributed by atoms with Crippen molar-refractivity contribution in [3.8, 4) is 0 Å². The van der Waals surface area contributed by atoms with Crippen molar-refractivity contribution >= 4 is 32.7 Å². The fraction of sp³-hybridized carbons (Fsp3) is 0.350. The highest BCUT2D eigenvalue weighted by Crippen LogP contribution is 2.22. The van der Waals surface area contributed by atoms with Crippen LogP contribution in [0.25, 0.3) is 0 Å². The Labute approximate surface area is 167 Å². The molecule has 0 saturated heterocycles. The van der Waals surface area contributed by atoms with Crippen molar-refractivity contribution in [3.05, 3.63) is 70.2 Å². The Kier molecular flexibility index (Phi) is 8.85. The minimum atomic E-state index is -0.914. The van der Waals surface area contributed by atoms with Crippen molar-refractivity contribution in [2.45, 2.75) is 25.6 Å². The summed E-state index contributed by atoms with van der Waals surface area (Å²) in [5, 5.41) is 6.66. The van der Waals surface area contributed by atoms with Gasteiger partial charge in [0.2, 0.25) is 0 Å². The van der Waals surface area contributed by atoms with Crippen molar-refractivity contribution in [3.63, 3.8) is 0 Å². The standard InChI is InChI=1S/C20H26BrN3OS/c1-3-22-20(24-16(2)18-11-7-8-12-19(18)21)23-13-14-26(25)15-17-9-5-4-6-10-17/h4-12,16H,3,13-15H2,1-2H3,(H2,22,23,24). The van der Waals surface area contributed by atoms with Gasteiger partial charge in [0.1, 0.15) is 0 Å². The van der Waals surface area contributed by atoms with Gasteiger partial charge in [0.05, 0.1) is 12.6 Å². The number of hydrogen-bond donors (Lipinski definition) is 2. The molecule has 4 nitrogen and oxygen atoms in total. The van der Waals surface area contributed by atoms with E-state index in [2.05, 4.69) is 44.5 Å². The average Bonchev–Trinajstić information content (AvgIpc) is 2.63. The highest BCUT2D eigenvalue weighted by molar-refractivity contribution is 9.10. The van der Waals surface area contributed by atoms with Gasteiger partial charge in [-0.05, 0) is 31.0 Å². The summed E-state index contributed by atoms with van der Waals surface area (Å²) in [4.78, 5) is 4.58. The lowest BCUT2D eigenvalue weighted by Gasteiger charge is -2.19. The maximum atomic E-state index is 12.2. The fourth-order valence-electron chi connectivity index (χ4n) is 2.52. The summed E-state index contributed by atoms with van der Waals surface area (Å²) in [6.45, 7) is 5.44. The zero-order chi connectivity index (χ0) is 18.8. The second-order valence-electron chi connectivity index (χ2n) is 5.92. The highest BCUT2D eigenvalue weighted by atomic mass is 79.9. The molecule has 0 aromatic heterocycles. The summed E-state index contributed by atoms with van der Waals surface area (Å²) in [5.41, 5.74) is 2.27. The first-order chi connectivity index (χ1) is 12.6. The van der Waals surface area contributed by atoms with E-state index in [1.165, 1.54) is 5.56 Å². The molecule has 0 aliphatic carbocycles. The smallest absolute Gasteiger partial charge is 0.191 e. The molecule has 0 bridgehead atoms. The van der Waals surface area contributed by atoms with Gasteiger partial charge < -0.3 is 10.6 Å². The maximum absolute atomic E-state index is 12.2. The lowest BCUT2D eigenvalue weighted by Crippen LogP contribution is -2.39. The van der Waals surface area contributed by atoms with E-state index in [9.17, 15) is 4.21 Å². The molecule has 26 heavy (non-hydrogen) atoms. The van der Waals surface area contributed by atoms with E-state index in [1.807, 2.05) is 55.5 Å². The molecule has 2 aromatic rings. The summed E-state index contributed by atoms with van der Waals surface area (Å²) in [7, 11) is -0.914. The van der Waals surface area contributed by atoms with Crippen molar-refractivity contribution in [1.29, 1.82) is 0 Å². The molecule has 0 heterocycles. The normalized spacial score (nSPS) is 13.9. The van der Waals surface area contributed by atoms with Crippen LogP contribution in [0.5, 0.6) is 0 Å². The van der Waals surface area contributed by atoms with Gasteiger partial charge in [0.25, 0.3) is 0 Å². The fourth-order valence-corrected chi connectivity index (χ4v) is 4.15. The van der Waals surface area contributed by atoms with Gasteiger partial charge in [-0.15, -0.1) is 0 Å². The van der Waals surface area contributed by atoms with Crippen LogP contribution in [-0.4, -0.2) is 29.0 Å². The lowest BCUT2D eigenvalue weighted by molar-refractivity contribution is 0.679. The number of rotatable bonds is 8. The predicted molar refractivity (Wildman–Crippen MR) is 115 cm³/mol. The van der Waals surface area contributed by atoms with Gasteiger partial charge in [-0.3, -0.25) is 9.20 Å². The van der Waals surface area contributed by atoms with Crippen LogP contribution in [0.3, 0.4) is 0 Å². The molecule has 0 aliphatic heterocycles. The second kappa shape index (κ2) is 11.1. The molecular weight excluding hydrogens is 410 g/mol. The van der Waals surface area contributed by atoms with Crippen LogP contribution >= 0.6 is 15.9 Å². The van der Waals surface area contributed by atoms with E-state index >= 15 is 0 Å². The largest absolute Gasteiger partial charge is 0.357 e. The maximum Gasteiger partial charge on any atom is 0.191 e. The summed E-state index contributed by atoms with van der Waals surface area (Å²) in [6.07, 6.45) is 0. The molecule has 2 N–H and O–H groups in total. The molecule has 0 fully saturated rings. The Balaban J connectivity index is 1.89. The van der Waals surface area contributed by atoms with Crippen LogP contribution in [0.15, 0.2) is 64.1 Å². The second-order valence-corrected chi connectivity index (χ2v) is 8.35. The third-order valence-corrected chi connectivity index (χ3v) is 5.84. The Morgan fingerprint density at radius 2 is 1.85 bits per heavy atom. The van der Waals surface area contributed by atoms with Crippen LogP contribution in [0.1, 0.15) is 31.0 Å². The van der Waals surface area contributed by atoms with Gasteiger partial charge in [-0.2, -0.15) is 0 Å². The molecule has 0 radical (unpaired) electrons. The lowest BCUT2D eigenvalue weighted by atomic mass is 10.1. The number of nitrogens with zero attached hydrogens (tertiary/aromatic N) is 1. The number of guanidine groups is 1. The third-order valence-electron chi connectivity index (χ3n) is 3.83. The minimum absolute atomic E-state index is 0.109. The number of hydrogen-bond acceptors (Lipinski definition) is 2. The van der Waals surface area contributed by atoms with Crippen molar-refractivity contribution in [2.75, 3.05) is 18.8 Å². The van der Waals surface area contributed by atoms with Gasteiger partial charge >= 0.3 is 0 Å². The Hall–Kier alpha value is -1.66. The molecule has 2 aromatic carbocycles. The summed E-state index contributed by atoms with van der Waals surface area (Å²) < 4.78 is 13.3. The summed E-state index contributed by atoms with van der Waals surface area (Å²) in [6, 6.07) is 18.2. The van der Waals surface area contributed by atoms with Gasteiger partial charge in [0.15, 0.2) is 5.96 Å². The summed E-state index contributed by atoms with van der Waals surface area (Å²) in [5.74, 6) is 1.87. The Bertz CT molecular complexity index is 737. The first-order valence-electron chi connectivity index (χ1n) is 8.78. The quantitative estimate of drug-likeness (QED) is 0.486. The van der Waals surface area contributed by atoms with Crippen molar-refractivity contribution < 1.29 is 4.21 Å².